The summed E-state index contributed by atoms with van der Waals surface area (Å²) in [6.45, 7) is 1.15. The SMILES string of the molecule is COc1cc(CO)cc(C(C)=O)c1O. The zero-order chi connectivity index (χ0) is 10.7. The van der Waals surface area contributed by atoms with Crippen LogP contribution in [0.1, 0.15) is 22.8 Å². The molecule has 0 saturated carbocycles. The number of hydrogen-bond donors (Lipinski definition) is 2. The fourth-order valence-corrected chi connectivity index (χ4v) is 1.18. The van der Waals surface area contributed by atoms with E-state index in [0.717, 1.165) is 0 Å². The molecule has 0 aliphatic heterocycles. The molecule has 0 aliphatic carbocycles. The first kappa shape index (κ1) is 10.5. The van der Waals surface area contributed by atoms with Gasteiger partial charge in [0, 0.05) is 0 Å². The van der Waals surface area contributed by atoms with Crippen LogP contribution >= 0.6 is 0 Å². The van der Waals surface area contributed by atoms with Gasteiger partial charge in [0.05, 0.1) is 19.3 Å². The van der Waals surface area contributed by atoms with Crippen molar-refractivity contribution in [1.29, 1.82) is 0 Å². The molecule has 0 fully saturated rings. The molecule has 0 aliphatic rings. The van der Waals surface area contributed by atoms with Crippen LogP contribution in [0.25, 0.3) is 0 Å². The van der Waals surface area contributed by atoms with Gasteiger partial charge in [-0.3, -0.25) is 4.79 Å². The van der Waals surface area contributed by atoms with Crippen molar-refractivity contribution in [3.05, 3.63) is 23.3 Å². The van der Waals surface area contributed by atoms with E-state index in [1.807, 2.05) is 0 Å². The Morgan fingerprint density at radius 3 is 2.57 bits per heavy atom. The lowest BCUT2D eigenvalue weighted by atomic mass is 10.1. The van der Waals surface area contributed by atoms with Crippen LogP contribution in [0, 0.1) is 0 Å². The predicted molar refractivity (Wildman–Crippen MR) is 50.6 cm³/mol. The molecule has 0 heterocycles. The molecule has 4 nitrogen and oxygen atoms in total. The second-order valence-corrected chi connectivity index (χ2v) is 2.91. The summed E-state index contributed by atoms with van der Waals surface area (Å²) >= 11 is 0. The molecule has 0 radical (unpaired) electrons. The molecule has 4 heteroatoms. The average Bonchev–Trinajstić information content (AvgIpc) is 2.17. The molecule has 0 atom stereocenters. The standard InChI is InChI=1S/C10H12O4/c1-6(12)8-3-7(5-11)4-9(14-2)10(8)13/h3-4,11,13H,5H2,1-2H3. The van der Waals surface area contributed by atoms with Gasteiger partial charge in [-0.2, -0.15) is 0 Å². The van der Waals surface area contributed by atoms with E-state index in [1.54, 1.807) is 0 Å². The van der Waals surface area contributed by atoms with E-state index in [-0.39, 0.29) is 29.5 Å². The van der Waals surface area contributed by atoms with Crippen LogP contribution in [-0.2, 0) is 6.61 Å². The van der Waals surface area contributed by atoms with Crippen LogP contribution in [-0.4, -0.2) is 23.1 Å². The van der Waals surface area contributed by atoms with Crippen LogP contribution in [0.2, 0.25) is 0 Å². The molecule has 14 heavy (non-hydrogen) atoms. The number of benzene rings is 1. The first-order valence-corrected chi connectivity index (χ1v) is 4.11. The van der Waals surface area contributed by atoms with E-state index in [9.17, 15) is 9.90 Å². The number of aliphatic hydroxyl groups is 1. The minimum absolute atomic E-state index is 0.161. The summed E-state index contributed by atoms with van der Waals surface area (Å²) < 4.78 is 4.86. The van der Waals surface area contributed by atoms with Gasteiger partial charge >= 0.3 is 0 Å². The van der Waals surface area contributed by atoms with Crippen molar-refractivity contribution in [2.75, 3.05) is 7.11 Å². The molecule has 0 spiro atoms. The Hall–Kier alpha value is -1.55. The summed E-state index contributed by atoms with van der Waals surface area (Å²) in [7, 11) is 1.39. The number of carbonyl (C=O) groups excluding carboxylic acids is 1. The molecule has 0 bridgehead atoms. The smallest absolute Gasteiger partial charge is 0.168 e. The van der Waals surface area contributed by atoms with Gasteiger partial charge in [-0.25, -0.2) is 0 Å². The van der Waals surface area contributed by atoms with Crippen LogP contribution in [0.4, 0.5) is 0 Å². The normalized spacial score (nSPS) is 9.93. The Morgan fingerprint density at radius 2 is 2.14 bits per heavy atom. The molecular weight excluding hydrogens is 184 g/mol. The van der Waals surface area contributed by atoms with Crippen molar-refractivity contribution in [3.8, 4) is 11.5 Å². The third kappa shape index (κ3) is 1.85. The van der Waals surface area contributed by atoms with E-state index >= 15 is 0 Å². The maximum Gasteiger partial charge on any atom is 0.168 e. The van der Waals surface area contributed by atoms with Crippen LogP contribution in [0.3, 0.4) is 0 Å². The molecule has 76 valence electrons. The minimum atomic E-state index is -0.267. The van der Waals surface area contributed by atoms with Crippen molar-refractivity contribution in [1.82, 2.24) is 0 Å². The topological polar surface area (TPSA) is 66.8 Å². The highest BCUT2D eigenvalue weighted by molar-refractivity contribution is 5.97. The Labute approximate surface area is 81.8 Å². The van der Waals surface area contributed by atoms with Gasteiger partial charge in [-0.1, -0.05) is 0 Å². The molecule has 1 aromatic carbocycles. The minimum Gasteiger partial charge on any atom is -0.504 e. The van der Waals surface area contributed by atoms with Crippen LogP contribution in [0.5, 0.6) is 11.5 Å². The summed E-state index contributed by atoms with van der Waals surface area (Å²) in [5, 5.41) is 18.5. The van der Waals surface area contributed by atoms with Gasteiger partial charge in [0.15, 0.2) is 17.3 Å². The van der Waals surface area contributed by atoms with Crippen molar-refractivity contribution in [3.63, 3.8) is 0 Å². The number of Topliss-reactive ketones (excluding diaryl/α,β-unsaturated/α-hetero) is 1. The van der Waals surface area contributed by atoms with Gasteiger partial charge in [0.1, 0.15) is 0 Å². The highest BCUT2D eigenvalue weighted by Crippen LogP contribution is 2.31. The third-order valence-electron chi connectivity index (χ3n) is 1.92. The Bertz CT molecular complexity index is 357. The van der Waals surface area contributed by atoms with E-state index < -0.39 is 0 Å². The molecule has 1 rings (SSSR count). The molecule has 2 N–H and O–H groups in total. The van der Waals surface area contributed by atoms with Gasteiger partial charge in [0.25, 0.3) is 0 Å². The largest absolute Gasteiger partial charge is 0.504 e. The second kappa shape index (κ2) is 4.11. The number of rotatable bonds is 3. The monoisotopic (exact) mass is 196 g/mol. The van der Waals surface area contributed by atoms with Crippen molar-refractivity contribution < 1.29 is 19.7 Å². The lowest BCUT2D eigenvalue weighted by Crippen LogP contribution is -1.98. The Kier molecular flexibility index (Phi) is 3.09. The van der Waals surface area contributed by atoms with Crippen molar-refractivity contribution >= 4 is 5.78 Å². The number of aromatic hydroxyl groups is 1. The fraction of sp³-hybridized carbons (Fsp3) is 0.300. The number of aliphatic hydroxyl groups excluding tert-OH is 1. The number of phenols is 1. The first-order valence-electron chi connectivity index (χ1n) is 4.11. The van der Waals surface area contributed by atoms with E-state index in [4.69, 9.17) is 9.84 Å². The maximum absolute atomic E-state index is 11.1. The quantitative estimate of drug-likeness (QED) is 0.710. The molecule has 0 saturated heterocycles. The molecule has 0 amide bonds. The fourth-order valence-electron chi connectivity index (χ4n) is 1.18. The van der Waals surface area contributed by atoms with E-state index in [0.29, 0.717) is 5.56 Å². The summed E-state index contributed by atoms with van der Waals surface area (Å²) in [6.07, 6.45) is 0. The zero-order valence-corrected chi connectivity index (χ0v) is 8.07. The summed E-state index contributed by atoms with van der Waals surface area (Å²) in [5.74, 6) is -0.255. The molecular formula is C10H12O4. The summed E-state index contributed by atoms with van der Waals surface area (Å²) in [5.41, 5.74) is 0.693. The zero-order valence-electron chi connectivity index (χ0n) is 8.07. The highest BCUT2D eigenvalue weighted by atomic mass is 16.5. The first-order chi connectivity index (χ1) is 6.60. The van der Waals surface area contributed by atoms with Gasteiger partial charge in [-0.05, 0) is 24.6 Å². The van der Waals surface area contributed by atoms with Crippen LogP contribution < -0.4 is 4.74 Å². The number of phenolic OH excluding ortho intramolecular Hbond substituents is 1. The van der Waals surface area contributed by atoms with Gasteiger partial charge in [0.2, 0.25) is 0 Å². The van der Waals surface area contributed by atoms with Gasteiger partial charge < -0.3 is 14.9 Å². The lowest BCUT2D eigenvalue weighted by molar-refractivity contribution is 0.101. The Balaban J connectivity index is 3.34. The number of ether oxygens (including phenoxy) is 1. The highest BCUT2D eigenvalue weighted by Gasteiger charge is 2.13. The number of carbonyl (C=O) groups is 1. The van der Waals surface area contributed by atoms with Gasteiger partial charge in [-0.15, -0.1) is 0 Å². The van der Waals surface area contributed by atoms with E-state index in [2.05, 4.69) is 0 Å². The lowest BCUT2D eigenvalue weighted by Gasteiger charge is -2.08. The molecule has 0 unspecified atom stereocenters. The number of methoxy groups -OCH3 is 1. The predicted octanol–water partition coefficient (Wildman–Crippen LogP) is 1.10. The number of hydrogen-bond acceptors (Lipinski definition) is 4. The summed E-state index contributed by atoms with van der Waals surface area (Å²) in [4.78, 5) is 11.1. The summed E-state index contributed by atoms with van der Waals surface area (Å²) in [6, 6.07) is 2.93. The Morgan fingerprint density at radius 1 is 1.50 bits per heavy atom. The second-order valence-electron chi connectivity index (χ2n) is 2.91. The number of ketones is 1. The molecule has 1 aromatic rings. The van der Waals surface area contributed by atoms with Crippen molar-refractivity contribution in [2.45, 2.75) is 13.5 Å². The maximum atomic E-state index is 11.1. The third-order valence-corrected chi connectivity index (χ3v) is 1.92. The van der Waals surface area contributed by atoms with Crippen LogP contribution in [0.15, 0.2) is 12.1 Å². The van der Waals surface area contributed by atoms with E-state index in [1.165, 1.54) is 26.2 Å². The van der Waals surface area contributed by atoms with Crippen molar-refractivity contribution in [2.24, 2.45) is 0 Å². The molecule has 0 aromatic heterocycles. The average molecular weight is 196 g/mol.